The smallest absolute Gasteiger partial charge is 0.213 e. The summed E-state index contributed by atoms with van der Waals surface area (Å²) in [5, 5.41) is 0.259. The monoisotopic (exact) mass is 333 g/mol. The molecule has 0 radical (unpaired) electrons. The minimum absolute atomic E-state index is 0.0524. The lowest BCUT2D eigenvalue weighted by atomic mass is 9.97. The van der Waals surface area contributed by atoms with E-state index in [0.29, 0.717) is 17.7 Å². The van der Waals surface area contributed by atoms with Crippen molar-refractivity contribution >= 4 is 17.9 Å². The number of carbonyl (C=O) groups excluding carboxylic acids is 1. The first-order chi connectivity index (χ1) is 11.2. The molecule has 5 heteroatoms. The fourth-order valence-corrected chi connectivity index (χ4v) is 2.99. The zero-order valence-corrected chi connectivity index (χ0v) is 13.3. The number of ether oxygens (including phenoxy) is 1. The second-order valence-electron chi connectivity index (χ2n) is 5.73. The number of alkyl halides is 1. The van der Waals surface area contributed by atoms with E-state index in [2.05, 4.69) is 4.98 Å². The highest BCUT2D eigenvalue weighted by molar-refractivity contribution is 6.20. The van der Waals surface area contributed by atoms with Gasteiger partial charge in [0.1, 0.15) is 11.9 Å². The van der Waals surface area contributed by atoms with E-state index in [0.717, 1.165) is 31.2 Å². The molecule has 1 aliphatic carbocycles. The lowest BCUT2D eigenvalue weighted by molar-refractivity contribution is 0.112. The van der Waals surface area contributed by atoms with Gasteiger partial charge >= 0.3 is 0 Å². The van der Waals surface area contributed by atoms with Crippen LogP contribution >= 0.6 is 11.6 Å². The zero-order valence-electron chi connectivity index (χ0n) is 12.5. The minimum Gasteiger partial charge on any atom is -0.474 e. The molecule has 3 nitrogen and oxygen atoms in total. The summed E-state index contributed by atoms with van der Waals surface area (Å²) in [7, 11) is 0. The fourth-order valence-electron chi connectivity index (χ4n) is 2.73. The summed E-state index contributed by atoms with van der Waals surface area (Å²) in [6.07, 6.45) is 6.13. The fraction of sp³-hybridized carbons (Fsp3) is 0.333. The Morgan fingerprint density at radius 2 is 1.87 bits per heavy atom. The molecule has 23 heavy (non-hydrogen) atoms. The number of aromatic nitrogens is 1. The summed E-state index contributed by atoms with van der Waals surface area (Å²) in [5.74, 6) is 0.0346. The molecule has 1 fully saturated rings. The Hall–Kier alpha value is -1.94. The van der Waals surface area contributed by atoms with Crippen LogP contribution in [-0.2, 0) is 0 Å². The Bertz CT molecular complexity index is 682. The summed E-state index contributed by atoms with van der Waals surface area (Å²) in [6.45, 7) is 0. The van der Waals surface area contributed by atoms with Crippen LogP contribution in [0.25, 0.3) is 11.1 Å². The van der Waals surface area contributed by atoms with Gasteiger partial charge in [0, 0.05) is 23.2 Å². The maximum Gasteiger partial charge on any atom is 0.213 e. The van der Waals surface area contributed by atoms with Crippen LogP contribution in [0, 0.1) is 5.82 Å². The van der Waals surface area contributed by atoms with Gasteiger partial charge in [0.2, 0.25) is 5.88 Å². The third kappa shape index (κ3) is 3.88. The first-order valence-corrected chi connectivity index (χ1v) is 8.11. The molecule has 0 spiro atoms. The van der Waals surface area contributed by atoms with E-state index in [4.69, 9.17) is 16.3 Å². The summed E-state index contributed by atoms with van der Waals surface area (Å²) < 4.78 is 19.5. The predicted octanol–water partition coefficient (Wildman–Crippen LogP) is 4.63. The average molecular weight is 334 g/mol. The molecule has 0 aliphatic heterocycles. The number of halogens is 2. The molecule has 1 heterocycles. The van der Waals surface area contributed by atoms with Gasteiger partial charge in [-0.3, -0.25) is 4.79 Å². The molecule has 0 unspecified atom stereocenters. The molecule has 1 aromatic carbocycles. The van der Waals surface area contributed by atoms with Crippen molar-refractivity contribution in [2.75, 3.05) is 0 Å². The standard InChI is InChI=1S/C18H17ClFNO2/c19-15-4-6-16(7-5-15)23-18-8-3-13(10-21-18)12-1-2-14(11-22)17(20)9-12/h1-3,8-11,15-16H,4-7H2/t15-,16+. The first-order valence-electron chi connectivity index (χ1n) is 7.67. The summed E-state index contributed by atoms with van der Waals surface area (Å²) in [4.78, 5) is 14.9. The molecular weight excluding hydrogens is 317 g/mol. The molecule has 0 bridgehead atoms. The van der Waals surface area contributed by atoms with Crippen LogP contribution in [0.15, 0.2) is 36.5 Å². The molecular formula is C18H17ClFNO2. The third-order valence-electron chi connectivity index (χ3n) is 4.09. The molecule has 2 aromatic rings. The summed E-state index contributed by atoms with van der Waals surface area (Å²) >= 11 is 6.08. The lowest BCUT2D eigenvalue weighted by Gasteiger charge is -2.25. The summed E-state index contributed by atoms with van der Waals surface area (Å²) in [5.41, 5.74) is 1.50. The van der Waals surface area contributed by atoms with E-state index in [-0.39, 0.29) is 17.0 Å². The Labute approximate surface area is 139 Å². The van der Waals surface area contributed by atoms with Gasteiger partial charge in [0.05, 0.1) is 5.56 Å². The largest absolute Gasteiger partial charge is 0.474 e. The average Bonchev–Trinajstić information content (AvgIpc) is 2.57. The summed E-state index contributed by atoms with van der Waals surface area (Å²) in [6, 6.07) is 8.13. The van der Waals surface area contributed by atoms with E-state index in [9.17, 15) is 9.18 Å². The number of rotatable bonds is 4. The number of benzene rings is 1. The zero-order chi connectivity index (χ0) is 16.2. The van der Waals surface area contributed by atoms with Crippen molar-refractivity contribution < 1.29 is 13.9 Å². The molecule has 1 aliphatic rings. The van der Waals surface area contributed by atoms with Crippen molar-refractivity contribution in [3.8, 4) is 17.0 Å². The molecule has 0 amide bonds. The van der Waals surface area contributed by atoms with Gasteiger partial charge in [0.25, 0.3) is 0 Å². The molecule has 1 aromatic heterocycles. The van der Waals surface area contributed by atoms with Crippen molar-refractivity contribution in [2.24, 2.45) is 0 Å². The van der Waals surface area contributed by atoms with E-state index in [1.807, 2.05) is 6.07 Å². The van der Waals surface area contributed by atoms with Crippen molar-refractivity contribution in [3.05, 3.63) is 47.9 Å². The van der Waals surface area contributed by atoms with Crippen LogP contribution in [0.4, 0.5) is 4.39 Å². The van der Waals surface area contributed by atoms with Crippen molar-refractivity contribution in [1.29, 1.82) is 0 Å². The van der Waals surface area contributed by atoms with Gasteiger partial charge < -0.3 is 4.74 Å². The highest BCUT2D eigenvalue weighted by Crippen LogP contribution is 2.27. The Morgan fingerprint density at radius 1 is 1.13 bits per heavy atom. The van der Waals surface area contributed by atoms with Crippen LogP contribution in [0.5, 0.6) is 5.88 Å². The topological polar surface area (TPSA) is 39.2 Å². The lowest BCUT2D eigenvalue weighted by Crippen LogP contribution is -2.24. The van der Waals surface area contributed by atoms with Gasteiger partial charge in [-0.2, -0.15) is 0 Å². The maximum atomic E-state index is 13.7. The van der Waals surface area contributed by atoms with E-state index >= 15 is 0 Å². The number of hydrogen-bond donors (Lipinski definition) is 0. The maximum absolute atomic E-state index is 13.7. The van der Waals surface area contributed by atoms with E-state index < -0.39 is 5.82 Å². The van der Waals surface area contributed by atoms with Crippen LogP contribution in [0.2, 0.25) is 0 Å². The highest BCUT2D eigenvalue weighted by atomic mass is 35.5. The molecule has 1 saturated carbocycles. The van der Waals surface area contributed by atoms with Gasteiger partial charge in [-0.05, 0) is 49.4 Å². The second-order valence-corrected chi connectivity index (χ2v) is 6.35. The Morgan fingerprint density at radius 3 is 2.48 bits per heavy atom. The van der Waals surface area contributed by atoms with Gasteiger partial charge in [0.15, 0.2) is 6.29 Å². The molecule has 3 rings (SSSR count). The SMILES string of the molecule is O=Cc1ccc(-c2ccc(O[C@H]3CC[C@@H](Cl)CC3)nc2)cc1F. The number of carbonyl (C=O) groups is 1. The van der Waals surface area contributed by atoms with Crippen LogP contribution in [0.1, 0.15) is 36.0 Å². The van der Waals surface area contributed by atoms with E-state index in [1.54, 1.807) is 18.3 Å². The van der Waals surface area contributed by atoms with Gasteiger partial charge in [-0.25, -0.2) is 9.37 Å². The molecule has 0 saturated heterocycles. The number of nitrogens with zero attached hydrogens (tertiary/aromatic N) is 1. The highest BCUT2D eigenvalue weighted by Gasteiger charge is 2.21. The molecule has 0 N–H and O–H groups in total. The van der Waals surface area contributed by atoms with Crippen LogP contribution < -0.4 is 4.74 Å². The number of aldehydes is 1. The van der Waals surface area contributed by atoms with Crippen molar-refractivity contribution in [2.45, 2.75) is 37.2 Å². The van der Waals surface area contributed by atoms with Crippen LogP contribution in [-0.4, -0.2) is 22.8 Å². The minimum atomic E-state index is -0.532. The van der Waals surface area contributed by atoms with Crippen molar-refractivity contribution in [3.63, 3.8) is 0 Å². The Balaban J connectivity index is 1.69. The molecule has 0 atom stereocenters. The van der Waals surface area contributed by atoms with Crippen LogP contribution in [0.3, 0.4) is 0 Å². The van der Waals surface area contributed by atoms with Gasteiger partial charge in [-0.15, -0.1) is 11.6 Å². The van der Waals surface area contributed by atoms with E-state index in [1.165, 1.54) is 12.1 Å². The quantitative estimate of drug-likeness (QED) is 0.605. The third-order valence-corrected chi connectivity index (χ3v) is 4.52. The molecule has 120 valence electrons. The van der Waals surface area contributed by atoms with Crippen molar-refractivity contribution in [1.82, 2.24) is 4.98 Å². The van der Waals surface area contributed by atoms with Gasteiger partial charge in [-0.1, -0.05) is 6.07 Å². The number of hydrogen-bond acceptors (Lipinski definition) is 3. The first kappa shape index (κ1) is 15.9. The second kappa shape index (κ2) is 7.09. The number of pyridine rings is 1. The predicted molar refractivity (Wildman–Crippen MR) is 87.5 cm³/mol. The Kier molecular flexibility index (Phi) is 4.91. The normalized spacial score (nSPS) is 21.0.